The molecule has 1 aromatic carbocycles. The number of amides is 1. The summed E-state index contributed by atoms with van der Waals surface area (Å²) in [5.41, 5.74) is 5.45. The van der Waals surface area contributed by atoms with Crippen LogP contribution in [0.4, 0.5) is 17.6 Å². The number of nitrogens with two attached hydrogens (primary N) is 1. The van der Waals surface area contributed by atoms with Crippen LogP contribution in [0.2, 0.25) is 0 Å². The lowest BCUT2D eigenvalue weighted by Gasteiger charge is -2.21. The fraction of sp³-hybridized carbons (Fsp3) is 0.417. The first-order valence-corrected chi connectivity index (χ1v) is 5.64. The van der Waals surface area contributed by atoms with Crippen LogP contribution in [0.1, 0.15) is 5.56 Å². The van der Waals surface area contributed by atoms with Crippen molar-refractivity contribution in [2.45, 2.75) is 12.8 Å². The number of nitrogens with zero attached hydrogens (tertiary/aromatic N) is 1. The van der Waals surface area contributed by atoms with Gasteiger partial charge in [0.1, 0.15) is 0 Å². The summed E-state index contributed by atoms with van der Waals surface area (Å²) in [5.74, 6) is -2.70. The van der Waals surface area contributed by atoms with Gasteiger partial charge >= 0.3 is 0 Å². The Morgan fingerprint density at radius 2 is 1.95 bits per heavy atom. The SMILES string of the molecule is NCCN(CC(F)F)C(=O)Cc1ccc(F)c(F)c1. The summed E-state index contributed by atoms with van der Waals surface area (Å²) in [5, 5.41) is 0. The molecule has 0 aliphatic heterocycles. The summed E-state index contributed by atoms with van der Waals surface area (Å²) >= 11 is 0. The number of hydrogen-bond acceptors (Lipinski definition) is 2. The molecule has 0 spiro atoms. The van der Waals surface area contributed by atoms with E-state index in [1.54, 1.807) is 0 Å². The van der Waals surface area contributed by atoms with Gasteiger partial charge in [0.2, 0.25) is 5.91 Å². The number of rotatable bonds is 6. The van der Waals surface area contributed by atoms with Crippen molar-refractivity contribution in [3.63, 3.8) is 0 Å². The minimum absolute atomic E-state index is 0.00709. The van der Waals surface area contributed by atoms with E-state index in [0.717, 1.165) is 17.0 Å². The largest absolute Gasteiger partial charge is 0.335 e. The smallest absolute Gasteiger partial charge is 0.255 e. The number of hydrogen-bond donors (Lipinski definition) is 1. The van der Waals surface area contributed by atoms with Crippen LogP contribution in [0, 0.1) is 11.6 Å². The van der Waals surface area contributed by atoms with Crippen molar-refractivity contribution in [1.82, 2.24) is 4.90 Å². The van der Waals surface area contributed by atoms with E-state index in [2.05, 4.69) is 0 Å². The molecule has 1 rings (SSSR count). The molecule has 0 aliphatic rings. The number of alkyl halides is 2. The van der Waals surface area contributed by atoms with Crippen LogP contribution >= 0.6 is 0 Å². The monoisotopic (exact) mass is 278 g/mol. The van der Waals surface area contributed by atoms with E-state index in [1.807, 2.05) is 0 Å². The predicted octanol–water partition coefficient (Wildman–Crippen LogP) is 1.56. The first kappa shape index (κ1) is 15.4. The zero-order valence-corrected chi connectivity index (χ0v) is 10.1. The van der Waals surface area contributed by atoms with Crippen LogP contribution in [0.3, 0.4) is 0 Å². The molecule has 0 fully saturated rings. The minimum atomic E-state index is -2.67. The Hall–Kier alpha value is -1.63. The molecular formula is C12H14F4N2O. The Morgan fingerprint density at radius 1 is 1.26 bits per heavy atom. The van der Waals surface area contributed by atoms with Crippen molar-refractivity contribution >= 4 is 5.91 Å². The van der Waals surface area contributed by atoms with Gasteiger partial charge in [0.25, 0.3) is 6.43 Å². The van der Waals surface area contributed by atoms with E-state index in [9.17, 15) is 22.4 Å². The van der Waals surface area contributed by atoms with Crippen molar-refractivity contribution in [1.29, 1.82) is 0 Å². The molecule has 0 aliphatic carbocycles. The highest BCUT2D eigenvalue weighted by molar-refractivity contribution is 5.78. The molecule has 106 valence electrons. The summed E-state index contributed by atoms with van der Waals surface area (Å²) in [6.07, 6.45) is -2.94. The molecule has 0 unspecified atom stereocenters. The van der Waals surface area contributed by atoms with Gasteiger partial charge in [0.05, 0.1) is 13.0 Å². The Morgan fingerprint density at radius 3 is 2.47 bits per heavy atom. The maximum absolute atomic E-state index is 12.9. The molecule has 3 nitrogen and oxygen atoms in total. The first-order valence-electron chi connectivity index (χ1n) is 5.64. The highest BCUT2D eigenvalue weighted by Crippen LogP contribution is 2.11. The molecule has 0 radical (unpaired) electrons. The van der Waals surface area contributed by atoms with Gasteiger partial charge in [-0.3, -0.25) is 4.79 Å². The average molecular weight is 278 g/mol. The lowest BCUT2D eigenvalue weighted by molar-refractivity contribution is -0.132. The second-order valence-electron chi connectivity index (χ2n) is 3.94. The summed E-state index contributed by atoms with van der Waals surface area (Å²) in [6.45, 7) is -0.678. The molecule has 0 aromatic heterocycles. The lowest BCUT2D eigenvalue weighted by atomic mass is 10.1. The Labute approximate surface area is 108 Å². The van der Waals surface area contributed by atoms with Crippen molar-refractivity contribution in [2.24, 2.45) is 5.73 Å². The van der Waals surface area contributed by atoms with Crippen molar-refractivity contribution in [3.05, 3.63) is 35.4 Å². The van der Waals surface area contributed by atoms with E-state index >= 15 is 0 Å². The van der Waals surface area contributed by atoms with Crippen LogP contribution in [0.15, 0.2) is 18.2 Å². The Kier molecular flexibility index (Phi) is 5.75. The van der Waals surface area contributed by atoms with Gasteiger partial charge in [-0.05, 0) is 17.7 Å². The van der Waals surface area contributed by atoms with E-state index in [1.165, 1.54) is 6.07 Å². The van der Waals surface area contributed by atoms with Gasteiger partial charge in [-0.25, -0.2) is 17.6 Å². The maximum Gasteiger partial charge on any atom is 0.255 e. The third kappa shape index (κ3) is 4.86. The molecule has 0 heterocycles. The number of halogens is 4. The molecule has 0 saturated heterocycles. The fourth-order valence-electron chi connectivity index (χ4n) is 1.58. The molecule has 0 atom stereocenters. The minimum Gasteiger partial charge on any atom is -0.335 e. The molecular weight excluding hydrogens is 264 g/mol. The summed E-state index contributed by atoms with van der Waals surface area (Å²) < 4.78 is 50.2. The van der Waals surface area contributed by atoms with Gasteiger partial charge < -0.3 is 10.6 Å². The first-order chi connectivity index (χ1) is 8.93. The van der Waals surface area contributed by atoms with Crippen LogP contribution < -0.4 is 5.73 Å². The molecule has 19 heavy (non-hydrogen) atoms. The molecule has 0 bridgehead atoms. The fourth-order valence-corrected chi connectivity index (χ4v) is 1.58. The quantitative estimate of drug-likeness (QED) is 0.803. The van der Waals surface area contributed by atoms with Crippen LogP contribution in [0.25, 0.3) is 0 Å². The topological polar surface area (TPSA) is 46.3 Å². The zero-order valence-electron chi connectivity index (χ0n) is 10.1. The zero-order chi connectivity index (χ0) is 14.4. The lowest BCUT2D eigenvalue weighted by Crippen LogP contribution is -2.39. The van der Waals surface area contributed by atoms with E-state index < -0.39 is 30.5 Å². The molecule has 1 amide bonds. The second kappa shape index (κ2) is 7.08. The Balaban J connectivity index is 2.72. The standard InChI is InChI=1S/C12H14F4N2O/c13-9-2-1-8(5-10(9)14)6-12(19)18(4-3-17)7-11(15)16/h1-2,5,11H,3-4,6-7,17H2. The normalized spacial score (nSPS) is 10.8. The number of benzene rings is 1. The van der Waals surface area contributed by atoms with E-state index in [4.69, 9.17) is 5.73 Å². The highest BCUT2D eigenvalue weighted by Gasteiger charge is 2.18. The van der Waals surface area contributed by atoms with Gasteiger partial charge in [-0.15, -0.1) is 0 Å². The summed E-state index contributed by atoms with van der Waals surface area (Å²) in [7, 11) is 0. The van der Waals surface area contributed by atoms with Gasteiger partial charge in [-0.2, -0.15) is 0 Å². The molecule has 2 N–H and O–H groups in total. The van der Waals surface area contributed by atoms with Crippen molar-refractivity contribution in [2.75, 3.05) is 19.6 Å². The number of carbonyl (C=O) groups is 1. The van der Waals surface area contributed by atoms with Crippen molar-refractivity contribution in [3.8, 4) is 0 Å². The average Bonchev–Trinajstić information content (AvgIpc) is 2.33. The molecule has 0 saturated carbocycles. The van der Waals surface area contributed by atoms with Gasteiger partial charge in [-0.1, -0.05) is 6.07 Å². The van der Waals surface area contributed by atoms with E-state index in [-0.39, 0.29) is 25.1 Å². The molecule has 7 heteroatoms. The third-order valence-electron chi connectivity index (χ3n) is 2.45. The maximum atomic E-state index is 12.9. The summed E-state index contributed by atoms with van der Waals surface area (Å²) in [6, 6.07) is 2.99. The highest BCUT2D eigenvalue weighted by atomic mass is 19.3. The van der Waals surface area contributed by atoms with Crippen LogP contribution in [0.5, 0.6) is 0 Å². The Bertz CT molecular complexity index is 440. The predicted molar refractivity (Wildman–Crippen MR) is 61.7 cm³/mol. The summed E-state index contributed by atoms with van der Waals surface area (Å²) in [4.78, 5) is 12.7. The second-order valence-corrected chi connectivity index (χ2v) is 3.94. The van der Waals surface area contributed by atoms with Crippen LogP contribution in [-0.2, 0) is 11.2 Å². The molecule has 1 aromatic rings. The number of carbonyl (C=O) groups excluding carboxylic acids is 1. The van der Waals surface area contributed by atoms with Gasteiger partial charge in [0, 0.05) is 13.1 Å². The third-order valence-corrected chi connectivity index (χ3v) is 2.45. The van der Waals surface area contributed by atoms with Crippen LogP contribution in [-0.4, -0.2) is 36.9 Å². The van der Waals surface area contributed by atoms with E-state index in [0.29, 0.717) is 0 Å². The van der Waals surface area contributed by atoms with Crippen molar-refractivity contribution < 1.29 is 22.4 Å². The van der Waals surface area contributed by atoms with Gasteiger partial charge in [0.15, 0.2) is 11.6 Å².